The molecule has 0 atom stereocenters. The molecule has 0 aliphatic carbocycles. The highest BCUT2D eigenvalue weighted by atomic mass is 32.2. The summed E-state index contributed by atoms with van der Waals surface area (Å²) in [6.07, 6.45) is 1.54. The molecular weight excluding hydrogens is 346 g/mol. The van der Waals surface area contributed by atoms with Gasteiger partial charge in [0, 0.05) is 12.6 Å². The second kappa shape index (κ2) is 7.21. The molecule has 2 heterocycles. The van der Waals surface area contributed by atoms with E-state index in [-0.39, 0.29) is 18.0 Å². The molecule has 0 spiro atoms. The third-order valence-electron chi connectivity index (χ3n) is 3.53. The Morgan fingerprint density at radius 3 is 2.71 bits per heavy atom. The summed E-state index contributed by atoms with van der Waals surface area (Å²) < 4.78 is 38.0. The van der Waals surface area contributed by atoms with E-state index in [1.165, 1.54) is 35.1 Å². The van der Waals surface area contributed by atoms with Gasteiger partial charge in [-0.1, -0.05) is 6.07 Å². The van der Waals surface area contributed by atoms with Crippen molar-refractivity contribution in [3.63, 3.8) is 0 Å². The fourth-order valence-electron chi connectivity index (χ4n) is 2.30. The van der Waals surface area contributed by atoms with Gasteiger partial charge in [0.05, 0.1) is 24.8 Å². The predicted molar refractivity (Wildman–Crippen MR) is 92.5 cm³/mol. The van der Waals surface area contributed by atoms with E-state index < -0.39 is 10.0 Å². The van der Waals surface area contributed by atoms with E-state index in [2.05, 4.69) is 0 Å². The summed E-state index contributed by atoms with van der Waals surface area (Å²) in [7, 11) is -2.18. The Kier molecular flexibility index (Phi) is 5.03. The third-order valence-corrected chi connectivity index (χ3v) is 6.05. The minimum atomic E-state index is -3.69. The fourth-order valence-corrected chi connectivity index (χ4v) is 4.39. The third kappa shape index (κ3) is 3.69. The first-order valence-corrected chi connectivity index (χ1v) is 9.65. The zero-order valence-electron chi connectivity index (χ0n) is 13.1. The van der Waals surface area contributed by atoms with E-state index in [0.717, 1.165) is 5.56 Å². The van der Waals surface area contributed by atoms with Gasteiger partial charge < -0.3 is 9.15 Å². The first-order valence-electron chi connectivity index (χ1n) is 7.27. The lowest BCUT2D eigenvalue weighted by atomic mass is 10.3. The van der Waals surface area contributed by atoms with E-state index >= 15 is 0 Å². The van der Waals surface area contributed by atoms with Crippen LogP contribution in [0.4, 0.5) is 0 Å². The smallest absolute Gasteiger partial charge is 0.243 e. The number of sulfonamides is 1. The molecule has 7 heteroatoms. The molecular formula is C17H17NO4S2. The Morgan fingerprint density at radius 1 is 1.17 bits per heavy atom. The van der Waals surface area contributed by atoms with Crippen LogP contribution < -0.4 is 4.74 Å². The van der Waals surface area contributed by atoms with Crippen LogP contribution in [-0.2, 0) is 23.1 Å². The van der Waals surface area contributed by atoms with Crippen molar-refractivity contribution < 1.29 is 17.6 Å². The lowest BCUT2D eigenvalue weighted by Gasteiger charge is -2.21. The molecule has 3 rings (SSSR count). The van der Waals surface area contributed by atoms with Crippen molar-refractivity contribution in [1.29, 1.82) is 0 Å². The number of ether oxygens (including phenoxy) is 1. The maximum absolute atomic E-state index is 13.1. The molecule has 0 bridgehead atoms. The van der Waals surface area contributed by atoms with E-state index in [4.69, 9.17) is 9.15 Å². The predicted octanol–water partition coefficient (Wildman–Crippen LogP) is 3.74. The largest absolute Gasteiger partial charge is 0.497 e. The summed E-state index contributed by atoms with van der Waals surface area (Å²) in [6.45, 7) is 0.451. The van der Waals surface area contributed by atoms with E-state index in [9.17, 15) is 8.42 Å². The zero-order valence-corrected chi connectivity index (χ0v) is 14.7. The molecule has 0 aliphatic heterocycles. The van der Waals surface area contributed by atoms with Crippen molar-refractivity contribution in [3.8, 4) is 5.75 Å². The average molecular weight is 363 g/mol. The molecule has 0 fully saturated rings. The van der Waals surface area contributed by atoms with Crippen LogP contribution in [0.15, 0.2) is 68.8 Å². The van der Waals surface area contributed by atoms with Crippen molar-refractivity contribution in [1.82, 2.24) is 4.31 Å². The summed E-state index contributed by atoms with van der Waals surface area (Å²) in [5.74, 6) is 1.10. The molecule has 24 heavy (non-hydrogen) atoms. The second-order valence-corrected chi connectivity index (χ2v) is 7.88. The van der Waals surface area contributed by atoms with Gasteiger partial charge >= 0.3 is 0 Å². The standard InChI is InChI=1S/C17H17NO4S2/c1-21-15-4-2-6-17(10-15)24(19,20)18(11-14-7-9-23-13-14)12-16-5-3-8-22-16/h2-10,13H,11-12H2,1H3. The normalized spacial score (nSPS) is 11.8. The summed E-state index contributed by atoms with van der Waals surface area (Å²) in [5.41, 5.74) is 0.943. The number of methoxy groups -OCH3 is 1. The number of benzene rings is 1. The Bertz CT molecular complexity index is 835. The maximum Gasteiger partial charge on any atom is 0.243 e. The number of hydrogen-bond acceptors (Lipinski definition) is 5. The molecule has 0 saturated heterocycles. The highest BCUT2D eigenvalue weighted by molar-refractivity contribution is 7.89. The van der Waals surface area contributed by atoms with Crippen molar-refractivity contribution >= 4 is 21.4 Å². The van der Waals surface area contributed by atoms with Crippen molar-refractivity contribution in [2.45, 2.75) is 18.0 Å². The summed E-state index contributed by atoms with van der Waals surface area (Å²) >= 11 is 1.54. The SMILES string of the molecule is COc1cccc(S(=O)(=O)N(Cc2ccsc2)Cc2ccco2)c1. The highest BCUT2D eigenvalue weighted by Gasteiger charge is 2.26. The van der Waals surface area contributed by atoms with E-state index in [1.807, 2.05) is 16.8 Å². The van der Waals surface area contributed by atoms with Gasteiger partial charge in [-0.15, -0.1) is 0 Å². The van der Waals surface area contributed by atoms with Crippen molar-refractivity contribution in [3.05, 3.63) is 70.8 Å². The molecule has 0 unspecified atom stereocenters. The molecule has 0 N–H and O–H groups in total. The fraction of sp³-hybridized carbons (Fsp3) is 0.176. The first kappa shape index (κ1) is 16.8. The number of thiophene rings is 1. The lowest BCUT2D eigenvalue weighted by molar-refractivity contribution is 0.358. The van der Waals surface area contributed by atoms with Crippen LogP contribution in [-0.4, -0.2) is 19.8 Å². The summed E-state index contributed by atoms with van der Waals surface area (Å²) in [6, 6.07) is 11.9. The Hall–Kier alpha value is -2.09. The lowest BCUT2D eigenvalue weighted by Crippen LogP contribution is -2.30. The topological polar surface area (TPSA) is 59.8 Å². The van der Waals surface area contributed by atoms with Crippen LogP contribution in [0.3, 0.4) is 0 Å². The number of furan rings is 1. The van der Waals surface area contributed by atoms with Gasteiger partial charge in [0.2, 0.25) is 10.0 Å². The highest BCUT2D eigenvalue weighted by Crippen LogP contribution is 2.24. The van der Waals surface area contributed by atoms with Gasteiger partial charge in [0.15, 0.2) is 0 Å². The summed E-state index contributed by atoms with van der Waals surface area (Å²) in [4.78, 5) is 0.198. The van der Waals surface area contributed by atoms with Gasteiger partial charge in [-0.3, -0.25) is 0 Å². The van der Waals surface area contributed by atoms with Crippen LogP contribution >= 0.6 is 11.3 Å². The van der Waals surface area contributed by atoms with Gasteiger partial charge in [-0.05, 0) is 46.7 Å². The molecule has 3 aromatic rings. The Balaban J connectivity index is 1.95. The zero-order chi connectivity index (χ0) is 17.0. The molecule has 0 amide bonds. The van der Waals surface area contributed by atoms with E-state index in [0.29, 0.717) is 11.5 Å². The van der Waals surface area contributed by atoms with Crippen LogP contribution in [0.25, 0.3) is 0 Å². The number of nitrogens with zero attached hydrogens (tertiary/aromatic N) is 1. The van der Waals surface area contributed by atoms with Gasteiger partial charge in [0.25, 0.3) is 0 Å². The van der Waals surface area contributed by atoms with Crippen LogP contribution in [0.5, 0.6) is 5.75 Å². The molecule has 126 valence electrons. The van der Waals surface area contributed by atoms with Crippen LogP contribution in [0.2, 0.25) is 0 Å². The van der Waals surface area contributed by atoms with E-state index in [1.54, 1.807) is 30.3 Å². The molecule has 2 aromatic heterocycles. The summed E-state index contributed by atoms with van der Waals surface area (Å²) in [5, 5.41) is 3.87. The quantitative estimate of drug-likeness (QED) is 0.642. The molecule has 0 aliphatic rings. The van der Waals surface area contributed by atoms with Crippen LogP contribution in [0, 0.1) is 0 Å². The molecule has 0 radical (unpaired) electrons. The Morgan fingerprint density at radius 2 is 2.04 bits per heavy atom. The molecule has 0 saturated carbocycles. The minimum absolute atomic E-state index is 0.169. The average Bonchev–Trinajstić information content (AvgIpc) is 3.28. The minimum Gasteiger partial charge on any atom is -0.497 e. The van der Waals surface area contributed by atoms with Crippen molar-refractivity contribution in [2.24, 2.45) is 0 Å². The van der Waals surface area contributed by atoms with Gasteiger partial charge in [0.1, 0.15) is 11.5 Å². The van der Waals surface area contributed by atoms with Gasteiger partial charge in [-0.25, -0.2) is 8.42 Å². The maximum atomic E-state index is 13.1. The number of rotatable bonds is 7. The molecule has 1 aromatic carbocycles. The molecule has 5 nitrogen and oxygen atoms in total. The van der Waals surface area contributed by atoms with Crippen molar-refractivity contribution in [2.75, 3.05) is 7.11 Å². The number of hydrogen-bond donors (Lipinski definition) is 0. The van der Waals surface area contributed by atoms with Crippen LogP contribution in [0.1, 0.15) is 11.3 Å². The second-order valence-electron chi connectivity index (χ2n) is 5.16. The van der Waals surface area contributed by atoms with Gasteiger partial charge in [-0.2, -0.15) is 15.6 Å². The first-order chi connectivity index (χ1) is 11.6. The Labute approximate surface area is 145 Å². The monoisotopic (exact) mass is 363 g/mol.